The number of carbonyl (C=O) groups is 2. The third kappa shape index (κ3) is 4.33. The fourth-order valence-electron chi connectivity index (χ4n) is 1.04. The summed E-state index contributed by atoms with van der Waals surface area (Å²) < 4.78 is 4.41. The number of hydrogen-bond acceptors (Lipinski definition) is 4. The Bertz CT molecular complexity index is 480. The molecular formula is C10H9Cl3N2O3. The van der Waals surface area contributed by atoms with Gasteiger partial charge in [-0.2, -0.15) is 0 Å². The molecule has 0 saturated heterocycles. The van der Waals surface area contributed by atoms with Crippen LogP contribution in [0, 0.1) is 0 Å². The molecule has 0 unspecified atom stereocenters. The van der Waals surface area contributed by atoms with Gasteiger partial charge < -0.3 is 10.1 Å². The molecule has 0 saturated carbocycles. The standard InChI is InChI=1S/C10H9Cl3N2O3/c1-18-8(17)3-2-7(16)14-10-6(12)4-5(11)9(13)15-10/h4H,2-3H2,1H3,(H,14,15,16). The zero-order valence-electron chi connectivity index (χ0n) is 9.30. The van der Waals surface area contributed by atoms with Crippen molar-refractivity contribution >= 4 is 52.5 Å². The first-order valence-corrected chi connectivity index (χ1v) is 5.95. The van der Waals surface area contributed by atoms with E-state index in [-0.39, 0.29) is 33.9 Å². The zero-order valence-corrected chi connectivity index (χ0v) is 11.6. The van der Waals surface area contributed by atoms with Gasteiger partial charge in [-0.3, -0.25) is 9.59 Å². The van der Waals surface area contributed by atoms with Crippen LogP contribution in [0.15, 0.2) is 6.07 Å². The summed E-state index contributed by atoms with van der Waals surface area (Å²) in [6.45, 7) is 0. The minimum Gasteiger partial charge on any atom is -0.469 e. The summed E-state index contributed by atoms with van der Waals surface area (Å²) in [5.41, 5.74) is 0. The molecule has 18 heavy (non-hydrogen) atoms. The summed E-state index contributed by atoms with van der Waals surface area (Å²) in [6.07, 6.45) is -0.0633. The van der Waals surface area contributed by atoms with Gasteiger partial charge in [0.05, 0.1) is 23.6 Å². The number of esters is 1. The summed E-state index contributed by atoms with van der Waals surface area (Å²) >= 11 is 17.2. The first-order chi connectivity index (χ1) is 8.43. The molecule has 98 valence electrons. The molecule has 1 heterocycles. The third-order valence-corrected chi connectivity index (χ3v) is 2.89. The lowest BCUT2D eigenvalue weighted by Crippen LogP contribution is -2.15. The fourth-order valence-corrected chi connectivity index (χ4v) is 1.59. The first-order valence-electron chi connectivity index (χ1n) is 4.82. The molecule has 5 nitrogen and oxygen atoms in total. The lowest BCUT2D eigenvalue weighted by Gasteiger charge is -2.07. The van der Waals surface area contributed by atoms with Crippen molar-refractivity contribution < 1.29 is 14.3 Å². The summed E-state index contributed by atoms with van der Waals surface area (Å²) in [7, 11) is 1.25. The van der Waals surface area contributed by atoms with Gasteiger partial charge in [-0.1, -0.05) is 34.8 Å². The molecule has 0 atom stereocenters. The van der Waals surface area contributed by atoms with Gasteiger partial charge in [0.15, 0.2) is 5.82 Å². The highest BCUT2D eigenvalue weighted by Gasteiger charge is 2.12. The number of nitrogens with zero attached hydrogens (tertiary/aromatic N) is 1. The van der Waals surface area contributed by atoms with Crippen LogP contribution >= 0.6 is 34.8 Å². The van der Waals surface area contributed by atoms with Crippen LogP contribution in [0.5, 0.6) is 0 Å². The maximum atomic E-state index is 11.5. The third-order valence-electron chi connectivity index (χ3n) is 1.93. The number of rotatable bonds is 4. The molecule has 1 aromatic heterocycles. The molecule has 1 N–H and O–H groups in total. The van der Waals surface area contributed by atoms with Crippen molar-refractivity contribution in [2.24, 2.45) is 0 Å². The van der Waals surface area contributed by atoms with Gasteiger partial charge in [-0.15, -0.1) is 0 Å². The minimum absolute atomic E-state index is 0.0265. The van der Waals surface area contributed by atoms with Crippen LogP contribution in [0.4, 0.5) is 5.82 Å². The van der Waals surface area contributed by atoms with Gasteiger partial charge in [0.25, 0.3) is 0 Å². The van der Waals surface area contributed by atoms with Gasteiger partial charge in [0, 0.05) is 6.42 Å². The second-order valence-corrected chi connectivity index (χ2v) is 4.39. The molecule has 0 spiro atoms. The average molecular weight is 312 g/mol. The van der Waals surface area contributed by atoms with Crippen molar-refractivity contribution in [3.05, 3.63) is 21.3 Å². The number of hydrogen-bond donors (Lipinski definition) is 1. The zero-order chi connectivity index (χ0) is 13.7. The van der Waals surface area contributed by atoms with Crippen molar-refractivity contribution in [1.82, 2.24) is 4.98 Å². The Morgan fingerprint density at radius 2 is 1.94 bits per heavy atom. The topological polar surface area (TPSA) is 68.3 Å². The monoisotopic (exact) mass is 310 g/mol. The Morgan fingerprint density at radius 3 is 2.56 bits per heavy atom. The van der Waals surface area contributed by atoms with E-state index in [1.54, 1.807) is 0 Å². The highest BCUT2D eigenvalue weighted by atomic mass is 35.5. The maximum Gasteiger partial charge on any atom is 0.306 e. The van der Waals surface area contributed by atoms with Gasteiger partial charge in [-0.25, -0.2) is 4.98 Å². The second-order valence-electron chi connectivity index (χ2n) is 3.22. The van der Waals surface area contributed by atoms with Crippen LogP contribution in [0.2, 0.25) is 15.2 Å². The second kappa shape index (κ2) is 6.78. The lowest BCUT2D eigenvalue weighted by atomic mass is 10.3. The van der Waals surface area contributed by atoms with Gasteiger partial charge in [-0.05, 0) is 6.07 Å². The molecule has 1 rings (SSSR count). The number of halogens is 3. The van der Waals surface area contributed by atoms with E-state index < -0.39 is 11.9 Å². The van der Waals surface area contributed by atoms with Crippen LogP contribution in [-0.4, -0.2) is 24.0 Å². The Labute approximate surface area is 118 Å². The summed E-state index contributed by atoms with van der Waals surface area (Å²) in [4.78, 5) is 26.2. The number of nitrogens with one attached hydrogen (secondary N) is 1. The molecule has 0 aliphatic heterocycles. The fraction of sp³-hybridized carbons (Fsp3) is 0.300. The smallest absolute Gasteiger partial charge is 0.306 e. The molecule has 8 heteroatoms. The maximum absolute atomic E-state index is 11.5. The van der Waals surface area contributed by atoms with E-state index in [1.165, 1.54) is 13.2 Å². The van der Waals surface area contributed by atoms with Crippen LogP contribution < -0.4 is 5.32 Å². The molecule has 0 fully saturated rings. The van der Waals surface area contributed by atoms with Crippen LogP contribution in [0.1, 0.15) is 12.8 Å². The van der Waals surface area contributed by atoms with E-state index in [9.17, 15) is 9.59 Å². The lowest BCUT2D eigenvalue weighted by molar-refractivity contribution is -0.141. The van der Waals surface area contributed by atoms with E-state index >= 15 is 0 Å². The predicted molar refractivity (Wildman–Crippen MR) is 69.1 cm³/mol. The first kappa shape index (κ1) is 15.0. The number of anilines is 1. The van der Waals surface area contributed by atoms with Crippen molar-refractivity contribution in [2.75, 3.05) is 12.4 Å². The van der Waals surface area contributed by atoms with Crippen molar-refractivity contribution in [2.45, 2.75) is 12.8 Å². The van der Waals surface area contributed by atoms with E-state index in [2.05, 4.69) is 15.0 Å². The molecule has 0 bridgehead atoms. The largest absolute Gasteiger partial charge is 0.469 e. The van der Waals surface area contributed by atoms with Crippen molar-refractivity contribution in [1.29, 1.82) is 0 Å². The van der Waals surface area contributed by atoms with E-state index in [0.717, 1.165) is 0 Å². The summed E-state index contributed by atoms with van der Waals surface area (Å²) in [5, 5.41) is 2.81. The molecular weight excluding hydrogens is 302 g/mol. The Balaban J connectivity index is 2.65. The number of pyridine rings is 1. The number of amides is 1. The minimum atomic E-state index is -0.474. The van der Waals surface area contributed by atoms with E-state index in [0.29, 0.717) is 0 Å². The van der Waals surface area contributed by atoms with Crippen LogP contribution in [0.3, 0.4) is 0 Å². The highest BCUT2D eigenvalue weighted by molar-refractivity contribution is 6.43. The molecule has 0 aliphatic carbocycles. The SMILES string of the molecule is COC(=O)CCC(=O)Nc1nc(Cl)c(Cl)cc1Cl. The normalized spacial score (nSPS) is 10.0. The predicted octanol–water partition coefficient (Wildman–Crippen LogP) is 2.93. The highest BCUT2D eigenvalue weighted by Crippen LogP contribution is 2.28. The van der Waals surface area contributed by atoms with Crippen molar-refractivity contribution in [3.63, 3.8) is 0 Å². The molecule has 0 radical (unpaired) electrons. The number of methoxy groups -OCH3 is 1. The Morgan fingerprint density at radius 1 is 1.28 bits per heavy atom. The molecule has 0 aliphatic rings. The Hall–Kier alpha value is -1.04. The summed E-state index contributed by atoms with van der Waals surface area (Å²) in [6, 6.07) is 1.37. The average Bonchev–Trinajstić information content (AvgIpc) is 2.33. The van der Waals surface area contributed by atoms with E-state index in [1.807, 2.05) is 0 Å². The van der Waals surface area contributed by atoms with E-state index in [4.69, 9.17) is 34.8 Å². The molecule has 1 aromatic rings. The van der Waals surface area contributed by atoms with Gasteiger partial charge in [0.2, 0.25) is 5.91 Å². The number of ether oxygens (including phenoxy) is 1. The van der Waals surface area contributed by atoms with Crippen LogP contribution in [-0.2, 0) is 14.3 Å². The number of aromatic nitrogens is 1. The number of carbonyl (C=O) groups excluding carboxylic acids is 2. The molecule has 1 amide bonds. The summed E-state index contributed by atoms with van der Waals surface area (Å²) in [5.74, 6) is -0.799. The quantitative estimate of drug-likeness (QED) is 0.685. The van der Waals surface area contributed by atoms with Crippen LogP contribution in [0.25, 0.3) is 0 Å². The van der Waals surface area contributed by atoms with Gasteiger partial charge in [0.1, 0.15) is 5.15 Å². The van der Waals surface area contributed by atoms with Gasteiger partial charge >= 0.3 is 5.97 Å². The molecule has 0 aromatic carbocycles. The Kier molecular flexibility index (Phi) is 5.65. The van der Waals surface area contributed by atoms with Crippen molar-refractivity contribution in [3.8, 4) is 0 Å².